The van der Waals surface area contributed by atoms with E-state index in [-0.39, 0.29) is 24.2 Å². The number of nitrogens with zero attached hydrogens (tertiary/aromatic N) is 1. The summed E-state index contributed by atoms with van der Waals surface area (Å²) in [6.45, 7) is 8.43. The van der Waals surface area contributed by atoms with Crippen LogP contribution < -0.4 is 5.32 Å². The lowest BCUT2D eigenvalue weighted by atomic mass is 10.0. The Kier molecular flexibility index (Phi) is 5.33. The molecule has 0 aliphatic carbocycles. The van der Waals surface area contributed by atoms with Gasteiger partial charge in [-0.2, -0.15) is 11.8 Å². The first-order valence-corrected chi connectivity index (χ1v) is 8.98. The van der Waals surface area contributed by atoms with E-state index in [2.05, 4.69) is 63.5 Å². The molecule has 1 aliphatic rings. The van der Waals surface area contributed by atoms with E-state index in [0.29, 0.717) is 5.92 Å². The lowest BCUT2D eigenvalue weighted by Gasteiger charge is -2.30. The number of thioether (sulfide) groups is 1. The number of rotatable bonds is 5. The largest absolute Gasteiger partial charge is 0.318 e. The second-order valence-electron chi connectivity index (χ2n) is 6.25. The van der Waals surface area contributed by atoms with Crippen molar-refractivity contribution in [2.45, 2.75) is 45.9 Å². The minimum absolute atomic E-state index is 0.00681. The molecule has 3 atom stereocenters. The molecule has 2 rings (SSSR count). The molecule has 0 saturated carbocycles. The van der Waals surface area contributed by atoms with E-state index in [1.165, 1.54) is 11.1 Å². The number of hydrogen-bond donors (Lipinski definition) is 1. The van der Waals surface area contributed by atoms with Crippen LogP contribution in [0.15, 0.2) is 24.3 Å². The van der Waals surface area contributed by atoms with Crippen molar-refractivity contribution in [3.63, 3.8) is 0 Å². The van der Waals surface area contributed by atoms with Crippen LogP contribution in [0.3, 0.4) is 0 Å². The number of nitrogens with one attached hydrogen (secondary N) is 1. The molecule has 0 spiro atoms. The maximum Gasteiger partial charge on any atom is 0.241 e. The van der Waals surface area contributed by atoms with Crippen LogP contribution in [0.5, 0.6) is 0 Å². The van der Waals surface area contributed by atoms with E-state index in [1.807, 2.05) is 4.90 Å². The number of carbonyl (C=O) groups excluding carboxylic acids is 1. The fourth-order valence-electron chi connectivity index (χ4n) is 2.89. The Balaban J connectivity index is 2.31. The molecule has 0 bridgehead atoms. The SMILES string of the molecule is CSCC(C)N1C(=O)C(C(C)C)NC1c1ccc(C)cc1. The van der Waals surface area contributed by atoms with Gasteiger partial charge in [-0.25, -0.2) is 0 Å². The fourth-order valence-corrected chi connectivity index (χ4v) is 3.53. The second-order valence-corrected chi connectivity index (χ2v) is 7.16. The van der Waals surface area contributed by atoms with Crippen molar-refractivity contribution >= 4 is 17.7 Å². The molecule has 1 amide bonds. The molecular formula is C17H26N2OS. The van der Waals surface area contributed by atoms with Gasteiger partial charge >= 0.3 is 0 Å². The van der Waals surface area contributed by atoms with Crippen molar-refractivity contribution in [1.82, 2.24) is 10.2 Å². The number of carbonyl (C=O) groups is 1. The Morgan fingerprint density at radius 3 is 2.38 bits per heavy atom. The van der Waals surface area contributed by atoms with E-state index in [0.717, 1.165) is 5.75 Å². The summed E-state index contributed by atoms with van der Waals surface area (Å²) in [4.78, 5) is 14.8. The Hall–Kier alpha value is -1.00. The Bertz CT molecular complexity index is 486. The number of amides is 1. The number of benzene rings is 1. The minimum atomic E-state index is -0.0828. The van der Waals surface area contributed by atoms with Gasteiger partial charge in [0, 0.05) is 11.8 Å². The maximum atomic E-state index is 12.8. The van der Waals surface area contributed by atoms with Gasteiger partial charge in [0.2, 0.25) is 5.91 Å². The molecule has 0 aromatic heterocycles. The van der Waals surface area contributed by atoms with Gasteiger partial charge in [-0.1, -0.05) is 43.7 Å². The molecule has 4 heteroatoms. The fraction of sp³-hybridized carbons (Fsp3) is 0.588. The molecule has 1 aromatic rings. The van der Waals surface area contributed by atoms with Crippen LogP contribution in [0.1, 0.15) is 38.1 Å². The van der Waals surface area contributed by atoms with E-state index in [9.17, 15) is 4.79 Å². The van der Waals surface area contributed by atoms with Gasteiger partial charge in [-0.05, 0) is 31.6 Å². The second kappa shape index (κ2) is 6.84. The van der Waals surface area contributed by atoms with Crippen LogP contribution in [0.25, 0.3) is 0 Å². The quantitative estimate of drug-likeness (QED) is 0.906. The van der Waals surface area contributed by atoms with Gasteiger partial charge in [0.15, 0.2) is 0 Å². The molecule has 1 fully saturated rings. The summed E-state index contributed by atoms with van der Waals surface area (Å²) in [5.41, 5.74) is 2.41. The first-order valence-electron chi connectivity index (χ1n) is 7.59. The molecular weight excluding hydrogens is 280 g/mol. The van der Waals surface area contributed by atoms with Gasteiger partial charge in [0.25, 0.3) is 0 Å². The highest BCUT2D eigenvalue weighted by Crippen LogP contribution is 2.30. The monoisotopic (exact) mass is 306 g/mol. The predicted molar refractivity (Wildman–Crippen MR) is 90.4 cm³/mol. The van der Waals surface area contributed by atoms with Crippen molar-refractivity contribution in [2.24, 2.45) is 5.92 Å². The molecule has 21 heavy (non-hydrogen) atoms. The van der Waals surface area contributed by atoms with E-state index in [4.69, 9.17) is 0 Å². The van der Waals surface area contributed by atoms with Crippen LogP contribution in [0.4, 0.5) is 0 Å². The molecule has 1 aromatic carbocycles. The summed E-state index contributed by atoms with van der Waals surface area (Å²) < 4.78 is 0. The summed E-state index contributed by atoms with van der Waals surface area (Å²) in [6, 6.07) is 8.63. The number of aryl methyl sites for hydroxylation is 1. The molecule has 1 saturated heterocycles. The van der Waals surface area contributed by atoms with Crippen molar-refractivity contribution in [3.8, 4) is 0 Å². The van der Waals surface area contributed by atoms with Crippen LogP contribution in [-0.4, -0.2) is 34.9 Å². The van der Waals surface area contributed by atoms with Crippen LogP contribution in [-0.2, 0) is 4.79 Å². The zero-order chi connectivity index (χ0) is 15.6. The topological polar surface area (TPSA) is 32.3 Å². The zero-order valence-electron chi connectivity index (χ0n) is 13.6. The third kappa shape index (κ3) is 3.43. The third-order valence-corrected chi connectivity index (χ3v) is 4.89. The standard InChI is InChI=1S/C17H26N2OS/c1-11(2)15-17(20)19(13(4)10-21-5)16(18-15)14-8-6-12(3)7-9-14/h6-9,11,13,15-16,18H,10H2,1-5H3. The van der Waals surface area contributed by atoms with Gasteiger partial charge in [-0.3, -0.25) is 10.1 Å². The summed E-state index contributed by atoms with van der Waals surface area (Å²) in [7, 11) is 0. The van der Waals surface area contributed by atoms with Gasteiger partial charge < -0.3 is 4.90 Å². The van der Waals surface area contributed by atoms with Crippen molar-refractivity contribution in [3.05, 3.63) is 35.4 Å². The number of hydrogen-bond acceptors (Lipinski definition) is 3. The van der Waals surface area contributed by atoms with Crippen molar-refractivity contribution < 1.29 is 4.79 Å². The highest BCUT2D eigenvalue weighted by atomic mass is 32.2. The van der Waals surface area contributed by atoms with Gasteiger partial charge in [-0.15, -0.1) is 0 Å². The van der Waals surface area contributed by atoms with Gasteiger partial charge in [0.1, 0.15) is 6.17 Å². The first-order chi connectivity index (χ1) is 9.95. The van der Waals surface area contributed by atoms with Crippen LogP contribution in [0, 0.1) is 12.8 Å². The van der Waals surface area contributed by atoms with E-state index < -0.39 is 0 Å². The van der Waals surface area contributed by atoms with Crippen LogP contribution >= 0.6 is 11.8 Å². The lowest BCUT2D eigenvalue weighted by molar-refractivity contribution is -0.132. The zero-order valence-corrected chi connectivity index (χ0v) is 14.4. The van der Waals surface area contributed by atoms with Crippen LogP contribution in [0.2, 0.25) is 0 Å². The molecule has 0 radical (unpaired) electrons. The molecule has 3 unspecified atom stereocenters. The Morgan fingerprint density at radius 2 is 1.86 bits per heavy atom. The maximum absolute atomic E-state index is 12.8. The average molecular weight is 306 g/mol. The van der Waals surface area contributed by atoms with Crippen molar-refractivity contribution in [1.29, 1.82) is 0 Å². The Morgan fingerprint density at radius 1 is 1.24 bits per heavy atom. The van der Waals surface area contributed by atoms with E-state index >= 15 is 0 Å². The molecule has 1 aliphatic heterocycles. The summed E-state index contributed by atoms with van der Waals surface area (Å²) >= 11 is 1.79. The highest BCUT2D eigenvalue weighted by molar-refractivity contribution is 7.98. The molecule has 1 N–H and O–H groups in total. The first kappa shape index (κ1) is 16.4. The Labute approximate surface area is 132 Å². The van der Waals surface area contributed by atoms with Gasteiger partial charge in [0.05, 0.1) is 6.04 Å². The lowest BCUT2D eigenvalue weighted by Crippen LogP contribution is -2.40. The summed E-state index contributed by atoms with van der Waals surface area (Å²) in [6.07, 6.45) is 2.08. The summed E-state index contributed by atoms with van der Waals surface area (Å²) in [5, 5.41) is 3.53. The highest BCUT2D eigenvalue weighted by Gasteiger charge is 2.42. The molecule has 3 nitrogen and oxygen atoms in total. The smallest absolute Gasteiger partial charge is 0.241 e. The predicted octanol–water partition coefficient (Wildman–Crippen LogP) is 3.20. The average Bonchev–Trinajstić information content (AvgIpc) is 2.77. The normalized spacial score (nSPS) is 23.9. The molecule has 116 valence electrons. The molecule has 1 heterocycles. The third-order valence-electron chi connectivity index (χ3n) is 4.08. The minimum Gasteiger partial charge on any atom is -0.318 e. The summed E-state index contributed by atoms with van der Waals surface area (Å²) in [5.74, 6) is 1.50. The van der Waals surface area contributed by atoms with E-state index in [1.54, 1.807) is 11.8 Å². The van der Waals surface area contributed by atoms with Crippen molar-refractivity contribution in [2.75, 3.05) is 12.0 Å².